The van der Waals surface area contributed by atoms with E-state index in [1.165, 1.54) is 0 Å². The molecule has 1 atom stereocenters. The average molecular weight is 470 g/mol. The molecule has 4 heteroatoms. The van der Waals surface area contributed by atoms with Gasteiger partial charge in [-0.1, -0.05) is 137 Å². The molecule has 0 aliphatic rings. The Morgan fingerprint density at radius 2 is 1.00 bits per heavy atom. The Balaban J connectivity index is 1.84. The lowest BCUT2D eigenvalue weighted by Crippen LogP contribution is -2.43. The number of hydrogen-bond acceptors (Lipinski definition) is 2. The van der Waals surface area contributed by atoms with Crippen molar-refractivity contribution in [3.05, 3.63) is 144 Å². The first kappa shape index (κ1) is 20.9. The molecular weight excluding hydrogens is 446 g/mol. The molecule has 0 amide bonds. The van der Waals surface area contributed by atoms with Crippen molar-refractivity contribution in [2.75, 3.05) is 0 Å². The van der Waals surface area contributed by atoms with Crippen LogP contribution in [0.5, 0.6) is 0 Å². The summed E-state index contributed by atoms with van der Waals surface area (Å²) < 4.78 is 0. The summed E-state index contributed by atoms with van der Waals surface area (Å²) in [6, 6.07) is 41.0. The Bertz CT molecular complexity index is 1020. The number of alkyl halides is 1. The summed E-state index contributed by atoms with van der Waals surface area (Å²) in [6.45, 7) is 0. The van der Waals surface area contributed by atoms with Crippen LogP contribution in [0.15, 0.2) is 126 Å². The van der Waals surface area contributed by atoms with Crippen LogP contribution in [0.4, 0.5) is 0 Å². The standard InChI is InChI=1S/C27H24BrN3/c28-25(21-13-5-1-6-14-21)26(29)30-31-27(22-15-7-2-8-16-22,23-17-9-3-10-18-23)24-19-11-4-12-20-24/h1-20,25,31H,(H2,29,30). The van der Waals surface area contributed by atoms with Crippen molar-refractivity contribution in [2.24, 2.45) is 10.8 Å². The van der Waals surface area contributed by atoms with E-state index in [4.69, 9.17) is 10.8 Å². The lowest BCUT2D eigenvalue weighted by atomic mass is 9.77. The molecule has 0 aromatic heterocycles. The summed E-state index contributed by atoms with van der Waals surface area (Å²) >= 11 is 3.69. The summed E-state index contributed by atoms with van der Waals surface area (Å²) in [5, 5.41) is 4.70. The van der Waals surface area contributed by atoms with Gasteiger partial charge in [0.25, 0.3) is 0 Å². The Kier molecular flexibility index (Phi) is 6.48. The van der Waals surface area contributed by atoms with Gasteiger partial charge in [-0.05, 0) is 22.3 Å². The molecule has 4 aromatic rings. The topological polar surface area (TPSA) is 50.4 Å². The van der Waals surface area contributed by atoms with Crippen molar-refractivity contribution in [2.45, 2.75) is 10.4 Å². The highest BCUT2D eigenvalue weighted by atomic mass is 79.9. The fourth-order valence-corrected chi connectivity index (χ4v) is 4.16. The van der Waals surface area contributed by atoms with E-state index in [1.807, 2.05) is 84.9 Å². The van der Waals surface area contributed by atoms with Crippen LogP contribution in [0.3, 0.4) is 0 Å². The minimum atomic E-state index is -0.697. The molecule has 1 unspecified atom stereocenters. The van der Waals surface area contributed by atoms with Crippen LogP contribution in [-0.2, 0) is 5.54 Å². The quantitative estimate of drug-likeness (QED) is 0.115. The number of halogens is 1. The van der Waals surface area contributed by atoms with E-state index < -0.39 is 5.54 Å². The van der Waals surface area contributed by atoms with Crippen molar-refractivity contribution in [3.8, 4) is 0 Å². The molecule has 3 nitrogen and oxygen atoms in total. The highest BCUT2D eigenvalue weighted by Crippen LogP contribution is 2.37. The molecule has 154 valence electrons. The lowest BCUT2D eigenvalue weighted by molar-refractivity contribution is 0.490. The zero-order chi connectivity index (χ0) is 21.5. The molecule has 0 bridgehead atoms. The second-order valence-electron chi connectivity index (χ2n) is 7.27. The van der Waals surface area contributed by atoms with Crippen molar-refractivity contribution < 1.29 is 0 Å². The van der Waals surface area contributed by atoms with E-state index in [-0.39, 0.29) is 4.83 Å². The highest BCUT2D eigenvalue weighted by Gasteiger charge is 2.36. The first-order valence-corrected chi connectivity index (χ1v) is 11.1. The summed E-state index contributed by atoms with van der Waals surface area (Å²) in [5.41, 5.74) is 13.5. The molecule has 0 spiro atoms. The van der Waals surface area contributed by atoms with Gasteiger partial charge in [0, 0.05) is 0 Å². The number of nitrogens with two attached hydrogens (primary N) is 1. The first-order chi connectivity index (χ1) is 15.2. The average Bonchev–Trinajstić information content (AvgIpc) is 2.86. The van der Waals surface area contributed by atoms with E-state index in [1.54, 1.807) is 0 Å². The first-order valence-electron chi connectivity index (χ1n) is 10.2. The maximum absolute atomic E-state index is 6.43. The molecule has 0 aliphatic heterocycles. The van der Waals surface area contributed by atoms with Crippen LogP contribution in [0.25, 0.3) is 0 Å². The molecule has 0 saturated heterocycles. The molecule has 0 fully saturated rings. The molecular formula is C27H24BrN3. The van der Waals surface area contributed by atoms with Crippen molar-refractivity contribution in [1.82, 2.24) is 5.43 Å². The fraction of sp³-hybridized carbons (Fsp3) is 0.0741. The number of amidine groups is 1. The third-order valence-electron chi connectivity index (χ3n) is 5.33. The van der Waals surface area contributed by atoms with Gasteiger partial charge in [-0.3, -0.25) is 5.43 Å². The summed E-state index contributed by atoms with van der Waals surface area (Å²) in [5.74, 6) is 0.457. The number of hydrazone groups is 1. The largest absolute Gasteiger partial charge is 0.384 e. The Hall–Kier alpha value is -3.37. The monoisotopic (exact) mass is 469 g/mol. The Labute approximate surface area is 191 Å². The fourth-order valence-electron chi connectivity index (χ4n) is 3.76. The number of nitrogens with one attached hydrogen (secondary N) is 1. The Morgan fingerprint density at radius 1 is 0.645 bits per heavy atom. The van der Waals surface area contributed by atoms with E-state index in [9.17, 15) is 0 Å². The third kappa shape index (κ3) is 4.39. The van der Waals surface area contributed by atoms with E-state index >= 15 is 0 Å². The second kappa shape index (κ2) is 9.63. The molecule has 0 heterocycles. The molecule has 4 aromatic carbocycles. The summed E-state index contributed by atoms with van der Waals surface area (Å²) in [6.07, 6.45) is 0. The third-order valence-corrected chi connectivity index (χ3v) is 6.32. The van der Waals surface area contributed by atoms with E-state index in [2.05, 4.69) is 57.8 Å². The van der Waals surface area contributed by atoms with Gasteiger partial charge in [0.2, 0.25) is 0 Å². The van der Waals surface area contributed by atoms with Crippen LogP contribution in [0.1, 0.15) is 27.1 Å². The van der Waals surface area contributed by atoms with Gasteiger partial charge in [0.05, 0.1) is 4.83 Å². The molecule has 4 rings (SSSR count). The minimum Gasteiger partial charge on any atom is -0.384 e. The zero-order valence-electron chi connectivity index (χ0n) is 17.0. The van der Waals surface area contributed by atoms with Crippen LogP contribution < -0.4 is 11.2 Å². The summed E-state index contributed by atoms with van der Waals surface area (Å²) in [4.78, 5) is -0.193. The van der Waals surface area contributed by atoms with Gasteiger partial charge < -0.3 is 5.73 Å². The number of benzene rings is 4. The second-order valence-corrected chi connectivity index (χ2v) is 8.19. The summed E-state index contributed by atoms with van der Waals surface area (Å²) in [7, 11) is 0. The van der Waals surface area contributed by atoms with Crippen LogP contribution in [0.2, 0.25) is 0 Å². The smallest absolute Gasteiger partial charge is 0.138 e. The SMILES string of the molecule is N/C(=N\NC(c1ccccc1)(c1ccccc1)c1ccccc1)C(Br)c1ccccc1. The van der Waals surface area contributed by atoms with E-state index in [0.29, 0.717) is 5.84 Å². The van der Waals surface area contributed by atoms with Crippen molar-refractivity contribution in [1.29, 1.82) is 0 Å². The number of nitrogens with zero attached hydrogens (tertiary/aromatic N) is 1. The molecule has 0 aliphatic carbocycles. The molecule has 3 N–H and O–H groups in total. The van der Waals surface area contributed by atoms with Crippen LogP contribution >= 0.6 is 15.9 Å². The van der Waals surface area contributed by atoms with Crippen molar-refractivity contribution >= 4 is 21.8 Å². The van der Waals surface area contributed by atoms with Gasteiger partial charge >= 0.3 is 0 Å². The normalized spacial score (nSPS) is 12.9. The van der Waals surface area contributed by atoms with Gasteiger partial charge in [-0.25, -0.2) is 0 Å². The lowest BCUT2D eigenvalue weighted by Gasteiger charge is -2.35. The molecule has 0 radical (unpaired) electrons. The van der Waals surface area contributed by atoms with Crippen molar-refractivity contribution in [3.63, 3.8) is 0 Å². The van der Waals surface area contributed by atoms with Gasteiger partial charge in [0.15, 0.2) is 0 Å². The maximum atomic E-state index is 6.43. The number of hydrogen-bond donors (Lipinski definition) is 2. The predicted molar refractivity (Wildman–Crippen MR) is 132 cm³/mol. The highest BCUT2D eigenvalue weighted by molar-refractivity contribution is 9.09. The van der Waals surface area contributed by atoms with Gasteiger partial charge in [-0.15, -0.1) is 0 Å². The van der Waals surface area contributed by atoms with Crippen LogP contribution in [-0.4, -0.2) is 5.84 Å². The van der Waals surface area contributed by atoms with Gasteiger partial charge in [-0.2, -0.15) is 5.10 Å². The molecule has 0 saturated carbocycles. The zero-order valence-corrected chi connectivity index (χ0v) is 18.6. The minimum absolute atomic E-state index is 0.193. The maximum Gasteiger partial charge on any atom is 0.138 e. The number of rotatable bonds is 7. The molecule has 31 heavy (non-hydrogen) atoms. The Morgan fingerprint density at radius 3 is 1.39 bits per heavy atom. The predicted octanol–water partition coefficient (Wildman–Crippen LogP) is 5.98. The van der Waals surface area contributed by atoms with Gasteiger partial charge in [0.1, 0.15) is 11.4 Å². The van der Waals surface area contributed by atoms with Crippen LogP contribution in [0, 0.1) is 0 Å². The van der Waals surface area contributed by atoms with E-state index in [0.717, 1.165) is 22.3 Å².